The van der Waals surface area contributed by atoms with Crippen molar-refractivity contribution in [1.29, 1.82) is 0 Å². The van der Waals surface area contributed by atoms with Crippen LogP contribution in [-0.4, -0.2) is 37.6 Å². The van der Waals surface area contributed by atoms with Crippen LogP contribution in [0.25, 0.3) is 17.2 Å². The van der Waals surface area contributed by atoms with E-state index in [1.807, 2.05) is 18.3 Å². The van der Waals surface area contributed by atoms with Gasteiger partial charge in [-0.1, -0.05) is 24.3 Å². The first-order valence-corrected chi connectivity index (χ1v) is 9.11. The van der Waals surface area contributed by atoms with E-state index >= 15 is 0 Å². The summed E-state index contributed by atoms with van der Waals surface area (Å²) in [5.41, 5.74) is 10.7. The van der Waals surface area contributed by atoms with Crippen molar-refractivity contribution in [2.24, 2.45) is 0 Å². The summed E-state index contributed by atoms with van der Waals surface area (Å²) in [6.07, 6.45) is 5.36. The van der Waals surface area contributed by atoms with E-state index in [0.717, 1.165) is 43.7 Å². The molecule has 1 aliphatic rings. The zero-order valence-electron chi connectivity index (χ0n) is 14.9. The Morgan fingerprint density at radius 2 is 2.00 bits per heavy atom. The normalized spacial score (nSPS) is 14.5. The summed E-state index contributed by atoms with van der Waals surface area (Å²) in [5, 5.41) is 4.45. The molecule has 0 atom stereocenters. The van der Waals surface area contributed by atoms with Crippen LogP contribution in [0.3, 0.4) is 0 Å². The molecule has 7 nitrogen and oxygen atoms in total. The Bertz CT molecular complexity index is 1090. The highest BCUT2D eigenvalue weighted by Crippen LogP contribution is 2.22. The number of nitrogens with two attached hydrogens (primary N) is 1. The van der Waals surface area contributed by atoms with Gasteiger partial charge in [0.1, 0.15) is 0 Å². The van der Waals surface area contributed by atoms with E-state index in [4.69, 9.17) is 10.2 Å². The van der Waals surface area contributed by atoms with Gasteiger partial charge in [0, 0.05) is 31.4 Å². The van der Waals surface area contributed by atoms with Gasteiger partial charge in [0.2, 0.25) is 11.8 Å². The second-order valence-electron chi connectivity index (χ2n) is 6.83. The van der Waals surface area contributed by atoms with E-state index in [-0.39, 0.29) is 0 Å². The number of hydrogen-bond donors (Lipinski definition) is 1. The van der Waals surface area contributed by atoms with Crippen LogP contribution in [0, 0.1) is 0 Å². The fourth-order valence-corrected chi connectivity index (χ4v) is 3.65. The fourth-order valence-electron chi connectivity index (χ4n) is 3.65. The Balaban J connectivity index is 1.38. The maximum Gasteiger partial charge on any atom is 0.223 e. The lowest BCUT2D eigenvalue weighted by atomic mass is 10.00. The molecule has 7 heteroatoms. The third-order valence-electron chi connectivity index (χ3n) is 5.11. The number of nitrogen functional groups attached to an aromatic ring is 1. The minimum Gasteiger partial charge on any atom is -0.461 e. The number of hydrogen-bond acceptors (Lipinski definition) is 6. The predicted octanol–water partition coefficient (Wildman–Crippen LogP) is 2.57. The van der Waals surface area contributed by atoms with Crippen molar-refractivity contribution in [3.8, 4) is 11.6 Å². The summed E-state index contributed by atoms with van der Waals surface area (Å²) in [6.45, 7) is 3.00. The van der Waals surface area contributed by atoms with Gasteiger partial charge in [0.25, 0.3) is 0 Å². The molecule has 5 rings (SSSR count). The van der Waals surface area contributed by atoms with Crippen molar-refractivity contribution in [1.82, 2.24) is 24.5 Å². The highest BCUT2D eigenvalue weighted by atomic mass is 16.3. The van der Waals surface area contributed by atoms with E-state index < -0.39 is 0 Å². The standard InChI is InChI=1S/C20H20N6O/c21-20-22-12-15(19-23-18(24-26(19)20)17-6-3-11-27-17)8-10-25-9-7-14-4-1-2-5-16(14)13-25/h1-6,11-12H,7-10,13H2,(H2,21,22). The lowest BCUT2D eigenvalue weighted by molar-refractivity contribution is 0.257. The molecule has 1 aromatic carbocycles. The lowest BCUT2D eigenvalue weighted by Gasteiger charge is -2.28. The number of aromatic nitrogens is 4. The minimum absolute atomic E-state index is 0.325. The second-order valence-corrected chi connectivity index (χ2v) is 6.83. The van der Waals surface area contributed by atoms with Crippen molar-refractivity contribution in [3.63, 3.8) is 0 Å². The minimum atomic E-state index is 0.325. The summed E-state index contributed by atoms with van der Waals surface area (Å²) in [4.78, 5) is 11.4. The van der Waals surface area contributed by atoms with Crippen LogP contribution in [0.4, 0.5) is 5.95 Å². The molecule has 136 valence electrons. The Hall–Kier alpha value is -3.19. The summed E-state index contributed by atoms with van der Waals surface area (Å²) in [6, 6.07) is 12.3. The van der Waals surface area contributed by atoms with Gasteiger partial charge in [-0.2, -0.15) is 4.52 Å². The molecule has 0 bridgehead atoms. The Morgan fingerprint density at radius 1 is 1.11 bits per heavy atom. The molecule has 27 heavy (non-hydrogen) atoms. The van der Waals surface area contributed by atoms with Crippen LogP contribution in [0.2, 0.25) is 0 Å². The van der Waals surface area contributed by atoms with Gasteiger partial charge in [0.05, 0.1) is 6.26 Å². The molecule has 1 aliphatic heterocycles. The molecule has 4 heterocycles. The average molecular weight is 360 g/mol. The monoisotopic (exact) mass is 360 g/mol. The van der Waals surface area contributed by atoms with Crippen LogP contribution < -0.4 is 5.73 Å². The van der Waals surface area contributed by atoms with Gasteiger partial charge < -0.3 is 10.2 Å². The number of rotatable bonds is 4. The first kappa shape index (κ1) is 16.0. The maximum absolute atomic E-state index is 5.99. The Kier molecular flexibility index (Phi) is 3.86. The van der Waals surface area contributed by atoms with Crippen molar-refractivity contribution in [3.05, 3.63) is 65.5 Å². The van der Waals surface area contributed by atoms with Crippen LogP contribution >= 0.6 is 0 Å². The number of benzene rings is 1. The van der Waals surface area contributed by atoms with Crippen molar-refractivity contribution < 1.29 is 4.42 Å². The molecular weight excluding hydrogens is 340 g/mol. The molecule has 4 aromatic rings. The van der Waals surface area contributed by atoms with E-state index in [1.54, 1.807) is 10.8 Å². The van der Waals surface area contributed by atoms with Crippen LogP contribution in [0.15, 0.2) is 53.3 Å². The van der Waals surface area contributed by atoms with Gasteiger partial charge in [-0.05, 0) is 36.1 Å². The second kappa shape index (κ2) is 6.51. The first-order valence-electron chi connectivity index (χ1n) is 9.11. The maximum atomic E-state index is 5.99. The van der Waals surface area contributed by atoms with Gasteiger partial charge >= 0.3 is 0 Å². The number of nitrogens with zero attached hydrogens (tertiary/aromatic N) is 5. The SMILES string of the molecule is Nc1ncc(CCN2CCc3ccccc3C2)c2nc(-c3ccco3)nn12. The molecule has 3 aromatic heterocycles. The average Bonchev–Trinajstić information content (AvgIpc) is 3.37. The van der Waals surface area contributed by atoms with Crippen molar-refractivity contribution >= 4 is 11.6 Å². The molecule has 0 spiro atoms. The van der Waals surface area contributed by atoms with E-state index in [0.29, 0.717) is 17.5 Å². The Morgan fingerprint density at radius 3 is 2.85 bits per heavy atom. The molecule has 0 radical (unpaired) electrons. The molecule has 0 fully saturated rings. The van der Waals surface area contributed by atoms with Gasteiger partial charge in [-0.15, -0.1) is 5.10 Å². The summed E-state index contributed by atoms with van der Waals surface area (Å²) < 4.78 is 7.01. The van der Waals surface area contributed by atoms with E-state index in [9.17, 15) is 0 Å². The quantitative estimate of drug-likeness (QED) is 0.602. The number of anilines is 1. The van der Waals surface area contributed by atoms with Gasteiger partial charge in [-0.3, -0.25) is 4.90 Å². The van der Waals surface area contributed by atoms with E-state index in [1.165, 1.54) is 11.1 Å². The summed E-state index contributed by atoms with van der Waals surface area (Å²) >= 11 is 0. The summed E-state index contributed by atoms with van der Waals surface area (Å²) in [5.74, 6) is 1.47. The third-order valence-corrected chi connectivity index (χ3v) is 5.11. The number of furan rings is 1. The van der Waals surface area contributed by atoms with Crippen LogP contribution in [0.1, 0.15) is 16.7 Å². The van der Waals surface area contributed by atoms with Crippen molar-refractivity contribution in [2.45, 2.75) is 19.4 Å². The Labute approximate surface area is 156 Å². The highest BCUT2D eigenvalue weighted by molar-refractivity contribution is 5.57. The van der Waals surface area contributed by atoms with Crippen LogP contribution in [-0.2, 0) is 19.4 Å². The topological polar surface area (TPSA) is 85.5 Å². The highest BCUT2D eigenvalue weighted by Gasteiger charge is 2.18. The zero-order valence-corrected chi connectivity index (χ0v) is 14.9. The molecule has 0 saturated carbocycles. The summed E-state index contributed by atoms with van der Waals surface area (Å²) in [7, 11) is 0. The molecule has 0 unspecified atom stereocenters. The van der Waals surface area contributed by atoms with E-state index in [2.05, 4.69) is 44.2 Å². The number of fused-ring (bicyclic) bond motifs is 2. The zero-order chi connectivity index (χ0) is 18.2. The van der Waals surface area contributed by atoms with Crippen molar-refractivity contribution in [2.75, 3.05) is 18.8 Å². The molecular formula is C20H20N6O. The first-order chi connectivity index (χ1) is 13.3. The molecule has 2 N–H and O–H groups in total. The van der Waals surface area contributed by atoms with Gasteiger partial charge in [0.15, 0.2) is 11.4 Å². The molecule has 0 saturated heterocycles. The lowest BCUT2D eigenvalue weighted by Crippen LogP contribution is -2.32. The molecule has 0 amide bonds. The largest absolute Gasteiger partial charge is 0.461 e. The smallest absolute Gasteiger partial charge is 0.223 e. The molecule has 0 aliphatic carbocycles. The van der Waals surface area contributed by atoms with Gasteiger partial charge in [-0.25, -0.2) is 9.97 Å². The van der Waals surface area contributed by atoms with Crippen LogP contribution in [0.5, 0.6) is 0 Å². The predicted molar refractivity (Wildman–Crippen MR) is 102 cm³/mol. The fraction of sp³-hybridized carbons (Fsp3) is 0.250. The third kappa shape index (κ3) is 2.96.